The average molecular weight is 283 g/mol. The van der Waals surface area contributed by atoms with Gasteiger partial charge in [-0.1, -0.05) is 30.7 Å². The second kappa shape index (κ2) is 6.22. The summed E-state index contributed by atoms with van der Waals surface area (Å²) in [7, 11) is 3.54. The molecular formula is C17H21N3O. The molecule has 1 unspecified atom stereocenters. The van der Waals surface area contributed by atoms with Crippen molar-refractivity contribution in [2.75, 3.05) is 14.2 Å². The van der Waals surface area contributed by atoms with E-state index in [1.54, 1.807) is 7.11 Å². The first-order chi connectivity index (χ1) is 10.3. The molecule has 0 radical (unpaired) electrons. The minimum Gasteiger partial charge on any atom is -0.480 e. The summed E-state index contributed by atoms with van der Waals surface area (Å²) in [5, 5.41) is 11.6. The molecule has 4 nitrogen and oxygen atoms in total. The van der Waals surface area contributed by atoms with Crippen molar-refractivity contribution in [2.45, 2.75) is 31.2 Å². The van der Waals surface area contributed by atoms with Crippen molar-refractivity contribution in [1.29, 1.82) is 0 Å². The number of aromatic nitrogens is 2. The quantitative estimate of drug-likeness (QED) is 0.916. The molecule has 0 saturated heterocycles. The van der Waals surface area contributed by atoms with E-state index in [2.05, 4.69) is 39.8 Å². The summed E-state index contributed by atoms with van der Waals surface area (Å²) < 4.78 is 5.06. The molecule has 0 aliphatic heterocycles. The Morgan fingerprint density at radius 3 is 2.33 bits per heavy atom. The average Bonchev–Trinajstić information content (AvgIpc) is 2.49. The molecule has 0 spiro atoms. The Labute approximate surface area is 125 Å². The van der Waals surface area contributed by atoms with Gasteiger partial charge in [-0.15, -0.1) is 10.2 Å². The van der Waals surface area contributed by atoms with Gasteiger partial charge in [0.1, 0.15) is 0 Å². The van der Waals surface area contributed by atoms with Gasteiger partial charge >= 0.3 is 0 Å². The summed E-state index contributed by atoms with van der Waals surface area (Å²) >= 11 is 0. The molecular weight excluding hydrogens is 262 g/mol. The van der Waals surface area contributed by atoms with Gasteiger partial charge in [0.05, 0.1) is 18.8 Å². The fourth-order valence-electron chi connectivity index (χ4n) is 2.78. The minimum absolute atomic E-state index is 0.0545. The molecule has 1 heterocycles. The Hall–Kier alpha value is -1.94. The van der Waals surface area contributed by atoms with Crippen molar-refractivity contribution in [3.63, 3.8) is 0 Å². The van der Waals surface area contributed by atoms with E-state index < -0.39 is 0 Å². The maximum Gasteiger partial charge on any atom is 0.233 e. The predicted octanol–water partition coefficient (Wildman–Crippen LogP) is 3.06. The molecule has 1 N–H and O–H groups in total. The van der Waals surface area contributed by atoms with E-state index in [-0.39, 0.29) is 6.04 Å². The Morgan fingerprint density at radius 1 is 1.10 bits per heavy atom. The van der Waals surface area contributed by atoms with Crippen LogP contribution in [0.15, 0.2) is 36.4 Å². The third-order valence-electron chi connectivity index (χ3n) is 4.30. The van der Waals surface area contributed by atoms with E-state index in [0.29, 0.717) is 5.88 Å². The van der Waals surface area contributed by atoms with Crippen molar-refractivity contribution in [2.24, 2.45) is 0 Å². The van der Waals surface area contributed by atoms with Crippen LogP contribution in [0.3, 0.4) is 0 Å². The van der Waals surface area contributed by atoms with Gasteiger partial charge in [-0.3, -0.25) is 0 Å². The lowest BCUT2D eigenvalue weighted by atomic mass is 9.80. The first-order valence-electron chi connectivity index (χ1n) is 7.46. The van der Waals surface area contributed by atoms with E-state index >= 15 is 0 Å². The van der Waals surface area contributed by atoms with Crippen LogP contribution < -0.4 is 10.1 Å². The van der Waals surface area contributed by atoms with E-state index in [0.717, 1.165) is 11.6 Å². The zero-order valence-corrected chi connectivity index (χ0v) is 12.5. The largest absolute Gasteiger partial charge is 0.480 e. The number of benzene rings is 1. The number of nitrogens with one attached hydrogen (secondary N) is 1. The van der Waals surface area contributed by atoms with Crippen LogP contribution in [0.1, 0.15) is 48.0 Å². The van der Waals surface area contributed by atoms with E-state index in [9.17, 15) is 0 Å². The number of hydrogen-bond acceptors (Lipinski definition) is 4. The van der Waals surface area contributed by atoms with Crippen LogP contribution in [-0.2, 0) is 0 Å². The Balaban J connectivity index is 1.81. The number of methoxy groups -OCH3 is 1. The maximum absolute atomic E-state index is 5.06. The van der Waals surface area contributed by atoms with Crippen LogP contribution in [0.5, 0.6) is 5.88 Å². The molecule has 1 aromatic carbocycles. The molecule has 0 amide bonds. The first-order valence-corrected chi connectivity index (χ1v) is 7.46. The van der Waals surface area contributed by atoms with Crippen molar-refractivity contribution in [3.05, 3.63) is 53.2 Å². The first kappa shape index (κ1) is 14.0. The van der Waals surface area contributed by atoms with Crippen molar-refractivity contribution in [3.8, 4) is 5.88 Å². The minimum atomic E-state index is 0.0545. The molecule has 110 valence electrons. The molecule has 0 bridgehead atoms. The van der Waals surface area contributed by atoms with E-state index in [1.807, 2.05) is 19.2 Å². The topological polar surface area (TPSA) is 47.0 Å². The lowest BCUT2D eigenvalue weighted by molar-refractivity contribution is 0.390. The highest BCUT2D eigenvalue weighted by Gasteiger charge is 2.20. The Kier molecular flexibility index (Phi) is 4.15. The van der Waals surface area contributed by atoms with Gasteiger partial charge in [0, 0.05) is 6.07 Å². The van der Waals surface area contributed by atoms with Crippen LogP contribution in [0, 0.1) is 0 Å². The number of hydrogen-bond donors (Lipinski definition) is 1. The Bertz CT molecular complexity index is 576. The molecule has 21 heavy (non-hydrogen) atoms. The zero-order valence-electron chi connectivity index (χ0n) is 12.5. The van der Waals surface area contributed by atoms with Crippen LogP contribution in [-0.4, -0.2) is 24.4 Å². The lowest BCUT2D eigenvalue weighted by Crippen LogP contribution is -2.19. The van der Waals surface area contributed by atoms with Crippen molar-refractivity contribution in [1.82, 2.24) is 15.5 Å². The summed E-state index contributed by atoms with van der Waals surface area (Å²) in [4.78, 5) is 0. The molecule has 1 atom stereocenters. The zero-order chi connectivity index (χ0) is 14.7. The third-order valence-corrected chi connectivity index (χ3v) is 4.30. The molecule has 1 fully saturated rings. The molecule has 3 rings (SSSR count). The van der Waals surface area contributed by atoms with Gasteiger partial charge in [0.25, 0.3) is 0 Å². The highest BCUT2D eigenvalue weighted by atomic mass is 16.5. The summed E-state index contributed by atoms with van der Waals surface area (Å²) in [5.41, 5.74) is 3.57. The normalized spacial score (nSPS) is 16.3. The predicted molar refractivity (Wildman–Crippen MR) is 82.5 cm³/mol. The van der Waals surface area contributed by atoms with Crippen LogP contribution >= 0.6 is 0 Å². The molecule has 1 aliphatic carbocycles. The molecule has 2 aromatic rings. The van der Waals surface area contributed by atoms with Crippen LogP contribution in [0.25, 0.3) is 0 Å². The molecule has 1 aliphatic rings. The number of rotatable bonds is 5. The highest BCUT2D eigenvalue weighted by Crippen LogP contribution is 2.36. The third kappa shape index (κ3) is 2.90. The standard InChI is InChI=1S/C17H21N3O/c1-18-17(15-10-11-16(21-2)20-19-15)14-8-6-13(7-9-14)12-4-3-5-12/h6-12,17-18H,3-5H2,1-2H3. The van der Waals surface area contributed by atoms with Gasteiger partial charge < -0.3 is 10.1 Å². The maximum atomic E-state index is 5.06. The summed E-state index contributed by atoms with van der Waals surface area (Å²) in [5.74, 6) is 1.31. The van der Waals surface area contributed by atoms with Gasteiger partial charge in [0.2, 0.25) is 5.88 Å². The van der Waals surface area contributed by atoms with E-state index in [1.165, 1.54) is 30.4 Å². The van der Waals surface area contributed by atoms with Gasteiger partial charge in [-0.25, -0.2) is 0 Å². The van der Waals surface area contributed by atoms with E-state index in [4.69, 9.17) is 4.74 Å². The second-order valence-corrected chi connectivity index (χ2v) is 5.52. The van der Waals surface area contributed by atoms with Crippen molar-refractivity contribution >= 4 is 0 Å². The SMILES string of the molecule is CNC(c1ccc(C2CCC2)cc1)c1ccc(OC)nn1. The fraction of sp³-hybridized carbons (Fsp3) is 0.412. The molecule has 1 aromatic heterocycles. The summed E-state index contributed by atoms with van der Waals surface area (Å²) in [6.07, 6.45) is 4.03. The number of nitrogens with zero attached hydrogens (tertiary/aromatic N) is 2. The smallest absolute Gasteiger partial charge is 0.233 e. The second-order valence-electron chi connectivity index (χ2n) is 5.52. The lowest BCUT2D eigenvalue weighted by Gasteiger charge is -2.26. The van der Waals surface area contributed by atoms with Gasteiger partial charge in [-0.05, 0) is 43.0 Å². The monoisotopic (exact) mass is 283 g/mol. The van der Waals surface area contributed by atoms with Crippen molar-refractivity contribution < 1.29 is 4.74 Å². The van der Waals surface area contributed by atoms with Crippen LogP contribution in [0.4, 0.5) is 0 Å². The number of ether oxygens (including phenoxy) is 1. The highest BCUT2D eigenvalue weighted by molar-refractivity contribution is 5.32. The summed E-state index contributed by atoms with van der Waals surface area (Å²) in [6, 6.07) is 12.7. The van der Waals surface area contributed by atoms with Gasteiger partial charge in [-0.2, -0.15) is 0 Å². The Morgan fingerprint density at radius 2 is 1.86 bits per heavy atom. The fourth-order valence-corrected chi connectivity index (χ4v) is 2.78. The summed E-state index contributed by atoms with van der Waals surface area (Å²) in [6.45, 7) is 0. The molecule has 4 heteroatoms. The van der Waals surface area contributed by atoms with Gasteiger partial charge in [0.15, 0.2) is 0 Å². The van der Waals surface area contributed by atoms with Crippen LogP contribution in [0.2, 0.25) is 0 Å². The molecule has 1 saturated carbocycles.